The first kappa shape index (κ1) is 68.2. The third-order valence-corrected chi connectivity index (χ3v) is 16.0. The Labute approximate surface area is 524 Å². The van der Waals surface area contributed by atoms with E-state index in [1.54, 1.807) is 62.2 Å². The summed E-state index contributed by atoms with van der Waals surface area (Å²) in [6, 6.07) is 39.5. The van der Waals surface area contributed by atoms with Crippen molar-refractivity contribution in [3.8, 4) is 22.6 Å². The Hall–Kier alpha value is -8.26. The fraction of sp³-hybridized carbons (Fsp3) is 0.408. The number of aliphatic hydroxyl groups excluding tert-OH is 1. The number of hydrogen-bond donors (Lipinski definition) is 5. The van der Waals surface area contributed by atoms with E-state index in [2.05, 4.69) is 43.8 Å². The van der Waals surface area contributed by atoms with Gasteiger partial charge in [-0.1, -0.05) is 141 Å². The first-order valence-electron chi connectivity index (χ1n) is 30.8. The van der Waals surface area contributed by atoms with Crippen LogP contribution in [0.25, 0.3) is 22.6 Å². The number of benzene rings is 4. The normalized spacial score (nSPS) is 18.3. The van der Waals surface area contributed by atoms with Crippen molar-refractivity contribution in [3.05, 3.63) is 199 Å². The van der Waals surface area contributed by atoms with Gasteiger partial charge >= 0.3 is 5.97 Å². The Bertz CT molecular complexity index is 3280. The minimum atomic E-state index is -0.905. The van der Waals surface area contributed by atoms with Gasteiger partial charge in [-0.3, -0.25) is 29.0 Å². The van der Waals surface area contributed by atoms with Crippen LogP contribution in [0.2, 0.25) is 0 Å². The second-order valence-corrected chi connectivity index (χ2v) is 24.0. The van der Waals surface area contributed by atoms with Crippen molar-refractivity contribution in [1.29, 1.82) is 0 Å². The number of aliphatic hydroxyl groups is 1. The van der Waals surface area contributed by atoms with Crippen LogP contribution < -0.4 is 22.1 Å². The van der Waals surface area contributed by atoms with Gasteiger partial charge in [-0.05, 0) is 119 Å². The second kappa shape index (κ2) is 33.4. The molecule has 7 N–H and O–H groups in total. The number of nitrogens with zero attached hydrogens (tertiary/aromatic N) is 5. The van der Waals surface area contributed by atoms with Gasteiger partial charge in [0.1, 0.15) is 18.7 Å². The van der Waals surface area contributed by atoms with Crippen LogP contribution in [0, 0.1) is 10.8 Å². The number of carbonyl (C=O) groups excluding carboxylic acids is 5. The molecule has 0 radical (unpaired) electrons. The van der Waals surface area contributed by atoms with E-state index in [0.717, 1.165) is 64.8 Å². The molecule has 0 spiro atoms. The second-order valence-electron chi connectivity index (χ2n) is 24.0. The molecule has 2 saturated heterocycles. The molecule has 10 atom stereocenters. The van der Waals surface area contributed by atoms with Gasteiger partial charge in [-0.15, -0.1) is 0 Å². The Morgan fingerprint density at radius 3 is 1.52 bits per heavy atom. The van der Waals surface area contributed by atoms with E-state index in [9.17, 15) is 29.1 Å². The Kier molecular flexibility index (Phi) is 25.6. The highest BCUT2D eigenvalue weighted by molar-refractivity contribution is 5.91. The zero-order valence-corrected chi connectivity index (χ0v) is 52.5. The maximum atomic E-state index is 14.1. The number of carbonyl (C=O) groups is 5. The molecule has 2 aliphatic heterocycles. The molecule has 6 aromatic rings. The minimum Gasteiger partial charge on any atom is -0.465 e. The van der Waals surface area contributed by atoms with Gasteiger partial charge in [0.05, 0.1) is 61.9 Å². The molecule has 2 unspecified atom stereocenters. The Morgan fingerprint density at radius 2 is 1.04 bits per heavy atom. The molecule has 89 heavy (non-hydrogen) atoms. The first-order valence-corrected chi connectivity index (χ1v) is 30.8. The summed E-state index contributed by atoms with van der Waals surface area (Å²) < 4.78 is 17.7. The molecule has 0 aliphatic carbocycles. The summed E-state index contributed by atoms with van der Waals surface area (Å²) in [6.07, 6.45) is 16.6. The Morgan fingerprint density at radius 1 is 0.596 bits per heavy atom. The van der Waals surface area contributed by atoms with E-state index in [-0.39, 0.29) is 43.1 Å². The Balaban J connectivity index is 0.000000254. The van der Waals surface area contributed by atoms with Crippen LogP contribution >= 0.6 is 0 Å². The molecule has 472 valence electrons. The van der Waals surface area contributed by atoms with Gasteiger partial charge in [0, 0.05) is 60.6 Å². The predicted octanol–water partition coefficient (Wildman–Crippen LogP) is 8.51. The first-order chi connectivity index (χ1) is 42.7. The van der Waals surface area contributed by atoms with Gasteiger partial charge in [0.2, 0.25) is 23.6 Å². The van der Waals surface area contributed by atoms with E-state index in [4.69, 9.17) is 25.7 Å². The van der Waals surface area contributed by atoms with Crippen LogP contribution in [0.15, 0.2) is 176 Å². The summed E-state index contributed by atoms with van der Waals surface area (Å²) in [4.78, 5) is 81.9. The molecule has 2 aliphatic rings. The lowest BCUT2D eigenvalue weighted by Gasteiger charge is -2.32. The summed E-state index contributed by atoms with van der Waals surface area (Å²) in [6.45, 7) is 14.1. The van der Waals surface area contributed by atoms with Crippen LogP contribution in [0.5, 0.6) is 0 Å². The lowest BCUT2D eigenvalue weighted by Crippen LogP contribution is -2.57. The number of nitrogens with one attached hydrogen (secondary N) is 2. The molecule has 4 heterocycles. The number of ether oxygens (including phenoxy) is 3. The van der Waals surface area contributed by atoms with Crippen LogP contribution in [0.1, 0.15) is 96.4 Å². The largest absolute Gasteiger partial charge is 0.465 e. The average molecular weight is 1210 g/mol. The smallest absolute Gasteiger partial charge is 0.302 e. The molecule has 0 bridgehead atoms. The van der Waals surface area contributed by atoms with Crippen molar-refractivity contribution < 1.29 is 43.3 Å². The van der Waals surface area contributed by atoms with Gasteiger partial charge < -0.3 is 51.2 Å². The maximum Gasteiger partial charge on any atom is 0.302 e. The van der Waals surface area contributed by atoms with Gasteiger partial charge in [-0.2, -0.15) is 0 Å². The average Bonchev–Trinajstić information content (AvgIpc) is 3.57. The monoisotopic (exact) mass is 1210 g/mol. The third-order valence-electron chi connectivity index (χ3n) is 16.0. The number of rotatable bonds is 27. The summed E-state index contributed by atoms with van der Waals surface area (Å²) in [7, 11) is 0. The highest BCUT2D eigenvalue weighted by atomic mass is 16.5. The minimum absolute atomic E-state index is 0.0618. The van der Waals surface area contributed by atoms with E-state index < -0.39 is 59.0 Å². The molecule has 2 fully saturated rings. The number of amides is 4. The number of nitrogens with two attached hydrogens (primary N) is 2. The number of likely N-dealkylation sites (tertiary alicyclic amines) is 2. The van der Waals surface area contributed by atoms with E-state index in [0.29, 0.717) is 45.0 Å². The molecule has 18 nitrogen and oxygen atoms in total. The fourth-order valence-corrected chi connectivity index (χ4v) is 10.9. The summed E-state index contributed by atoms with van der Waals surface area (Å²) >= 11 is 0. The zero-order chi connectivity index (χ0) is 63.9. The zero-order valence-electron chi connectivity index (χ0n) is 52.5. The highest BCUT2D eigenvalue weighted by Crippen LogP contribution is 2.32. The molecule has 0 saturated carbocycles. The predicted molar refractivity (Wildman–Crippen MR) is 345 cm³/mol. The number of esters is 1. The van der Waals surface area contributed by atoms with Gasteiger partial charge in [0.25, 0.3) is 0 Å². The van der Waals surface area contributed by atoms with Crippen LogP contribution in [-0.2, 0) is 64.2 Å². The van der Waals surface area contributed by atoms with Gasteiger partial charge in [-0.25, -0.2) is 9.97 Å². The lowest BCUT2D eigenvalue weighted by atomic mass is 9.83. The highest BCUT2D eigenvalue weighted by Gasteiger charge is 2.39. The van der Waals surface area contributed by atoms with Crippen LogP contribution in [0.3, 0.4) is 0 Å². The molecule has 2 aromatic heterocycles. The molecule has 8 rings (SSSR count). The van der Waals surface area contributed by atoms with Crippen molar-refractivity contribution in [1.82, 2.24) is 35.4 Å². The van der Waals surface area contributed by atoms with E-state index >= 15 is 0 Å². The fourth-order valence-electron chi connectivity index (χ4n) is 10.9. The molecular weight excluding hydrogens is 1120 g/mol. The maximum absolute atomic E-state index is 14.1. The summed E-state index contributed by atoms with van der Waals surface area (Å²) in [5.74, 6) is -0.943. The van der Waals surface area contributed by atoms with Crippen molar-refractivity contribution >= 4 is 29.6 Å². The quantitative estimate of drug-likeness (QED) is 0.0239. The molecule has 4 amide bonds. The molecular formula is C71H89N9O9. The van der Waals surface area contributed by atoms with E-state index in [1.165, 1.54) is 6.92 Å². The van der Waals surface area contributed by atoms with Crippen molar-refractivity contribution in [2.45, 2.75) is 149 Å². The van der Waals surface area contributed by atoms with Crippen molar-refractivity contribution in [2.24, 2.45) is 22.3 Å². The number of pyridine rings is 1. The van der Waals surface area contributed by atoms with Crippen molar-refractivity contribution in [2.75, 3.05) is 26.3 Å². The van der Waals surface area contributed by atoms with Gasteiger partial charge in [0.15, 0.2) is 5.82 Å². The van der Waals surface area contributed by atoms with E-state index in [1.807, 2.05) is 147 Å². The summed E-state index contributed by atoms with van der Waals surface area (Å²) in [5, 5.41) is 16.1. The standard InChI is InChI=1S/C37H46N4O5.C34H43N5O4/c1-26(38)35(43)40-34(27(2)45-24-29-12-6-5-7-13-29)36(44)41-21-11-16-32(41)18-19-37(4,25-46-28(3)42)23-30-14-10-15-31(22-30)33-17-8-9-20-39-33;1-24(35)32(41)38-30(25(2)43-22-26-10-5-4-6-11-26)33(42)39-19-8-14-29(39)15-16-34(3,23-40)21-27-12-7-13-28(20-27)31-36-17-9-18-37-31/h5-10,12-15,17-20,22,26-27,32,34H,11,16,21,23-25,38H2,1-4H3,(H,40,43);4-7,9-13,15-18,20,24-25,29-30,40H,8,14,19,21-23,35H2,1-3H3,(H,38,41)/b19-18+;16-15+/t26-,27+,32?,34-,37-;24-,25+,29?,30-,34-/m00/s1. The third kappa shape index (κ3) is 20.7. The molecule has 4 aromatic carbocycles. The molecule has 18 heteroatoms. The lowest BCUT2D eigenvalue weighted by molar-refractivity contribution is -0.143. The number of hydrogen-bond acceptors (Lipinski definition) is 14. The topological polar surface area (TPSA) is 255 Å². The number of aromatic nitrogens is 3. The van der Waals surface area contributed by atoms with Crippen LogP contribution in [0.4, 0.5) is 0 Å². The SMILES string of the molecule is CC(=O)OC[C@@](C)(/C=C/C1CCCN1C(=O)[C@@H](NC(=O)[C@H](C)N)[C@@H](C)OCc1ccccc1)Cc1cccc(-c2ccccn2)c1.C[C@H](N)C(=O)N[C@H](C(=O)N1CCCC1/C=C/[C@](C)(CO)Cc1cccc(-c2ncccn2)c1)[C@@H](C)OCc1ccccc1. The summed E-state index contributed by atoms with van der Waals surface area (Å²) in [5.41, 5.74) is 17.5. The van der Waals surface area contributed by atoms with Crippen LogP contribution in [-0.4, -0.2) is 134 Å². The van der Waals surface area contributed by atoms with Crippen molar-refractivity contribution in [3.63, 3.8) is 0 Å².